The van der Waals surface area contributed by atoms with Crippen molar-refractivity contribution < 1.29 is 29.1 Å². The summed E-state index contributed by atoms with van der Waals surface area (Å²) in [6.07, 6.45) is 1.22. The normalized spacial score (nSPS) is 13.8. The van der Waals surface area contributed by atoms with Gasteiger partial charge in [-0.25, -0.2) is 0 Å². The molecule has 0 aliphatic heterocycles. The Labute approximate surface area is 287 Å². The highest BCUT2D eigenvalue weighted by atomic mass is 32.2. The molecule has 0 bridgehead atoms. The maximum absolute atomic E-state index is 13.7. The molecule has 3 aromatic carbocycles. The number of benzene rings is 3. The van der Waals surface area contributed by atoms with Crippen LogP contribution in [0, 0.1) is 11.8 Å². The first-order valence-electron chi connectivity index (χ1n) is 16.4. The molecule has 3 aromatic rings. The van der Waals surface area contributed by atoms with Crippen molar-refractivity contribution in [2.45, 2.75) is 69.7 Å². The van der Waals surface area contributed by atoms with Gasteiger partial charge in [0.15, 0.2) is 11.6 Å². The van der Waals surface area contributed by atoms with Crippen LogP contribution in [-0.2, 0) is 28.7 Å². The average molecular weight is 674 g/mol. The van der Waals surface area contributed by atoms with E-state index in [1.807, 2.05) is 54.6 Å². The number of nitrogens with one attached hydrogen (secondary N) is 2. The first-order chi connectivity index (χ1) is 23.0. The highest BCUT2D eigenvalue weighted by Crippen LogP contribution is 2.48. The topological polar surface area (TPSA) is 156 Å². The summed E-state index contributed by atoms with van der Waals surface area (Å²) in [7, 11) is 0. The molecular formula is C38H47N3O6S. The maximum Gasteiger partial charge on any atom is 0.306 e. The van der Waals surface area contributed by atoms with E-state index in [4.69, 9.17) is 5.73 Å². The number of carboxylic acids is 1. The quantitative estimate of drug-likeness (QED) is 0.0954. The van der Waals surface area contributed by atoms with Crippen LogP contribution < -0.4 is 16.4 Å². The fourth-order valence-electron chi connectivity index (χ4n) is 5.68. The molecule has 0 spiro atoms. The van der Waals surface area contributed by atoms with Gasteiger partial charge in [-0.05, 0) is 43.0 Å². The monoisotopic (exact) mass is 673 g/mol. The Morgan fingerprint density at radius 2 is 1.25 bits per heavy atom. The highest BCUT2D eigenvalue weighted by Gasteiger charge is 2.39. The van der Waals surface area contributed by atoms with Crippen LogP contribution in [-0.4, -0.2) is 58.8 Å². The Balaban J connectivity index is 1.78. The van der Waals surface area contributed by atoms with E-state index in [-0.39, 0.29) is 30.3 Å². The summed E-state index contributed by atoms with van der Waals surface area (Å²) in [5.74, 6) is -4.06. The van der Waals surface area contributed by atoms with Gasteiger partial charge in [-0.2, -0.15) is 0 Å². The molecule has 3 rings (SSSR count). The number of carboxylic acid groups (broad SMARTS) is 1. The van der Waals surface area contributed by atoms with Crippen molar-refractivity contribution in [1.29, 1.82) is 0 Å². The number of amides is 2. The maximum atomic E-state index is 13.7. The van der Waals surface area contributed by atoms with E-state index in [1.54, 1.807) is 6.92 Å². The zero-order valence-electron chi connectivity index (χ0n) is 27.9. The molecular weight excluding hydrogens is 627 g/mol. The number of carbonyl (C=O) groups excluding carboxylic acids is 4. The van der Waals surface area contributed by atoms with Gasteiger partial charge >= 0.3 is 5.97 Å². The fourth-order valence-corrected chi connectivity index (χ4v) is 7.27. The Morgan fingerprint density at radius 1 is 0.750 bits per heavy atom. The summed E-state index contributed by atoms with van der Waals surface area (Å²) in [5, 5.41) is 15.0. The Bertz CT molecular complexity index is 1410. The lowest BCUT2D eigenvalue weighted by Gasteiger charge is -2.36. The predicted molar refractivity (Wildman–Crippen MR) is 189 cm³/mol. The summed E-state index contributed by atoms with van der Waals surface area (Å²) in [6, 6.07) is 28.2. The zero-order valence-corrected chi connectivity index (χ0v) is 28.7. The molecule has 2 amide bonds. The van der Waals surface area contributed by atoms with Crippen molar-refractivity contribution in [2.24, 2.45) is 17.6 Å². The molecule has 0 aliphatic rings. The van der Waals surface area contributed by atoms with Gasteiger partial charge in [0.1, 0.15) is 0 Å². The van der Waals surface area contributed by atoms with E-state index < -0.39 is 46.3 Å². The Morgan fingerprint density at radius 3 is 1.69 bits per heavy atom. The van der Waals surface area contributed by atoms with Gasteiger partial charge in [0.05, 0.1) is 22.7 Å². The smallest absolute Gasteiger partial charge is 0.306 e. The highest BCUT2D eigenvalue weighted by molar-refractivity contribution is 8.00. The molecule has 9 nitrogen and oxygen atoms in total. The molecule has 4 atom stereocenters. The van der Waals surface area contributed by atoms with Crippen molar-refractivity contribution in [3.8, 4) is 0 Å². The summed E-state index contributed by atoms with van der Waals surface area (Å²) in [4.78, 5) is 63.6. The van der Waals surface area contributed by atoms with Crippen LogP contribution in [0.1, 0.15) is 69.6 Å². The van der Waals surface area contributed by atoms with Crippen LogP contribution in [0.5, 0.6) is 0 Å². The lowest BCUT2D eigenvalue weighted by atomic mass is 9.84. The number of unbranched alkanes of at least 4 members (excludes halogenated alkanes) is 1. The summed E-state index contributed by atoms with van der Waals surface area (Å²) in [5.41, 5.74) is 8.53. The number of thioether (sulfide) groups is 1. The van der Waals surface area contributed by atoms with Crippen LogP contribution in [0.15, 0.2) is 91.0 Å². The van der Waals surface area contributed by atoms with Crippen LogP contribution in [0.25, 0.3) is 0 Å². The lowest BCUT2D eigenvalue weighted by molar-refractivity contribution is -0.144. The first kappa shape index (κ1) is 38.2. The first-order valence-corrected chi connectivity index (χ1v) is 17.3. The summed E-state index contributed by atoms with van der Waals surface area (Å²) < 4.78 is -0.711. The van der Waals surface area contributed by atoms with E-state index >= 15 is 0 Å². The van der Waals surface area contributed by atoms with Gasteiger partial charge in [0, 0.05) is 31.4 Å². The van der Waals surface area contributed by atoms with E-state index in [1.165, 1.54) is 25.6 Å². The number of ketones is 2. The number of carbonyl (C=O) groups is 5. The van der Waals surface area contributed by atoms with Crippen LogP contribution >= 0.6 is 11.8 Å². The standard InChI is InChI=1S/C38H47N3O6S/c1-26(36(45)40-27(2)34(43)24-29(37(46)47)15-13-14-22-39)23-35(44)33(41-28(3)42)25-48-38(30-16-7-4-8-17-30,31-18-9-5-10-19-31)32-20-11-6-12-21-32/h4-12,16-21,26-27,29,33H,13-15,22-25,39H2,1-3H3,(H,40,45)(H,41,42)(H,46,47). The third-order valence-electron chi connectivity index (χ3n) is 8.37. The second-order valence-electron chi connectivity index (χ2n) is 12.1. The average Bonchev–Trinajstić information content (AvgIpc) is 3.08. The minimum atomic E-state index is -1.06. The lowest BCUT2D eigenvalue weighted by Crippen LogP contribution is -2.46. The molecule has 0 saturated heterocycles. The number of aliphatic carboxylic acids is 1. The predicted octanol–water partition coefficient (Wildman–Crippen LogP) is 5.11. The van der Waals surface area contributed by atoms with Crippen molar-refractivity contribution in [3.05, 3.63) is 108 Å². The van der Waals surface area contributed by atoms with E-state index in [0.717, 1.165) is 16.7 Å². The molecule has 0 aromatic heterocycles. The second-order valence-corrected chi connectivity index (χ2v) is 13.4. The Kier molecular flexibility index (Phi) is 15.0. The van der Waals surface area contributed by atoms with Gasteiger partial charge in [0.25, 0.3) is 0 Å². The largest absolute Gasteiger partial charge is 0.481 e. The zero-order chi connectivity index (χ0) is 35.1. The molecule has 0 heterocycles. The van der Waals surface area contributed by atoms with Crippen molar-refractivity contribution in [3.63, 3.8) is 0 Å². The third kappa shape index (κ3) is 10.6. The van der Waals surface area contributed by atoms with Gasteiger partial charge < -0.3 is 21.5 Å². The number of Topliss-reactive ketones (excluding diaryl/α,β-unsaturated/α-hetero) is 2. The molecule has 256 valence electrons. The Hall–Kier alpha value is -4.28. The third-order valence-corrected chi connectivity index (χ3v) is 10.0. The van der Waals surface area contributed by atoms with Crippen LogP contribution in [0.2, 0.25) is 0 Å². The van der Waals surface area contributed by atoms with Gasteiger partial charge in [-0.3, -0.25) is 24.0 Å². The molecule has 0 radical (unpaired) electrons. The molecule has 0 saturated carbocycles. The summed E-state index contributed by atoms with van der Waals surface area (Å²) in [6.45, 7) is 4.91. The van der Waals surface area contributed by atoms with Crippen molar-refractivity contribution in [1.82, 2.24) is 10.6 Å². The summed E-state index contributed by atoms with van der Waals surface area (Å²) >= 11 is 1.54. The molecule has 0 fully saturated rings. The number of hydrogen-bond acceptors (Lipinski definition) is 7. The molecule has 5 N–H and O–H groups in total. The van der Waals surface area contributed by atoms with Gasteiger partial charge in [-0.1, -0.05) is 104 Å². The van der Waals surface area contributed by atoms with Crippen LogP contribution in [0.3, 0.4) is 0 Å². The number of hydrogen-bond donors (Lipinski definition) is 4. The second kappa shape index (κ2) is 18.9. The minimum absolute atomic E-state index is 0.163. The van der Waals surface area contributed by atoms with Gasteiger partial charge in [0.2, 0.25) is 11.8 Å². The van der Waals surface area contributed by atoms with E-state index in [9.17, 15) is 29.1 Å². The van der Waals surface area contributed by atoms with Crippen molar-refractivity contribution >= 4 is 41.1 Å². The SMILES string of the molecule is CC(=O)NC(CSC(c1ccccc1)(c1ccccc1)c1ccccc1)C(=O)CC(C)C(=O)NC(C)C(=O)CC(CCCCN)C(=O)O. The van der Waals surface area contributed by atoms with Crippen LogP contribution in [0.4, 0.5) is 0 Å². The number of nitrogens with two attached hydrogens (primary N) is 1. The minimum Gasteiger partial charge on any atom is -0.481 e. The molecule has 48 heavy (non-hydrogen) atoms. The fraction of sp³-hybridized carbons (Fsp3) is 0.395. The van der Waals surface area contributed by atoms with Gasteiger partial charge in [-0.15, -0.1) is 11.8 Å². The molecule has 0 aliphatic carbocycles. The van der Waals surface area contributed by atoms with Crippen molar-refractivity contribution in [2.75, 3.05) is 12.3 Å². The van der Waals surface area contributed by atoms with E-state index in [2.05, 4.69) is 47.0 Å². The molecule has 10 heteroatoms. The van der Waals surface area contributed by atoms with E-state index in [0.29, 0.717) is 25.8 Å². The number of rotatable bonds is 20. The molecule has 4 unspecified atom stereocenters.